The van der Waals surface area contributed by atoms with Gasteiger partial charge < -0.3 is 15.5 Å². The highest BCUT2D eigenvalue weighted by molar-refractivity contribution is 5.95. The van der Waals surface area contributed by atoms with Gasteiger partial charge in [0.2, 0.25) is 0 Å². The number of fused-ring (bicyclic) bond motifs is 2. The second-order valence-electron chi connectivity index (χ2n) is 7.95. The van der Waals surface area contributed by atoms with Crippen molar-refractivity contribution >= 4 is 33.5 Å². The molecule has 0 unspecified atom stereocenters. The fourth-order valence-corrected chi connectivity index (χ4v) is 4.11. The summed E-state index contributed by atoms with van der Waals surface area (Å²) in [5.41, 5.74) is 10.6. The number of benzene rings is 2. The highest BCUT2D eigenvalue weighted by Gasteiger charge is 2.14. The first-order chi connectivity index (χ1) is 15.5. The van der Waals surface area contributed by atoms with Crippen molar-refractivity contribution in [2.45, 2.75) is 26.9 Å². The molecule has 1 amide bonds. The minimum absolute atomic E-state index is 0.172. The van der Waals surface area contributed by atoms with Gasteiger partial charge >= 0.3 is 0 Å². The first kappa shape index (κ1) is 19.8. The largest absolute Gasteiger partial charge is 0.459 e. The number of carbonyl (C=O) groups is 1. The topological polar surface area (TPSA) is 99.0 Å². The third-order valence-electron chi connectivity index (χ3n) is 5.83. The van der Waals surface area contributed by atoms with E-state index in [2.05, 4.69) is 15.4 Å². The van der Waals surface area contributed by atoms with Gasteiger partial charge in [-0.3, -0.25) is 9.48 Å². The normalized spacial score (nSPS) is 11.3. The predicted octanol–water partition coefficient (Wildman–Crippen LogP) is 4.35. The summed E-state index contributed by atoms with van der Waals surface area (Å²) in [4.78, 5) is 16.9. The van der Waals surface area contributed by atoms with Gasteiger partial charge in [-0.05, 0) is 60.2 Å². The van der Waals surface area contributed by atoms with Crippen LogP contribution in [0.25, 0.3) is 21.7 Å². The summed E-state index contributed by atoms with van der Waals surface area (Å²) in [6.07, 6.45) is 5.01. The molecule has 0 aliphatic rings. The number of hydrogen-bond acceptors (Lipinski definition) is 5. The molecule has 0 bridgehead atoms. The van der Waals surface area contributed by atoms with Crippen molar-refractivity contribution in [2.75, 3.05) is 5.73 Å². The molecule has 32 heavy (non-hydrogen) atoms. The highest BCUT2D eigenvalue weighted by Crippen LogP contribution is 2.28. The maximum Gasteiger partial charge on any atom is 0.254 e. The van der Waals surface area contributed by atoms with E-state index in [1.807, 2.05) is 56.3 Å². The average Bonchev–Trinajstić information content (AvgIpc) is 3.41. The van der Waals surface area contributed by atoms with Crippen LogP contribution in [0.1, 0.15) is 32.8 Å². The number of aryl methyl sites for hydroxylation is 2. The number of nitrogens with zero attached hydrogens (tertiary/aromatic N) is 3. The van der Waals surface area contributed by atoms with Crippen molar-refractivity contribution < 1.29 is 9.21 Å². The number of furan rings is 1. The maximum atomic E-state index is 12.7. The molecule has 3 N–H and O–H groups in total. The summed E-state index contributed by atoms with van der Waals surface area (Å²) in [6, 6.07) is 13.8. The number of anilines is 1. The molecule has 0 saturated carbocycles. The Morgan fingerprint density at radius 2 is 2.00 bits per heavy atom. The summed E-state index contributed by atoms with van der Waals surface area (Å²) >= 11 is 0. The fourth-order valence-electron chi connectivity index (χ4n) is 4.11. The summed E-state index contributed by atoms with van der Waals surface area (Å²) in [6.45, 7) is 4.94. The number of hydrogen-bond donors (Lipinski definition) is 2. The number of nitrogens with two attached hydrogens (primary N) is 1. The van der Waals surface area contributed by atoms with E-state index in [4.69, 9.17) is 10.2 Å². The third-order valence-corrected chi connectivity index (χ3v) is 5.83. The maximum absolute atomic E-state index is 12.7. The number of aromatic nitrogens is 3. The Bertz CT molecular complexity index is 1430. The lowest BCUT2D eigenvalue weighted by molar-refractivity contribution is 0.0950. The average molecular weight is 425 g/mol. The van der Waals surface area contributed by atoms with Crippen molar-refractivity contribution in [3.8, 4) is 0 Å². The quantitative estimate of drug-likeness (QED) is 0.436. The zero-order chi connectivity index (χ0) is 22.2. The van der Waals surface area contributed by atoms with Crippen LogP contribution in [0.5, 0.6) is 0 Å². The lowest BCUT2D eigenvalue weighted by atomic mass is 9.96. The van der Waals surface area contributed by atoms with Crippen LogP contribution >= 0.6 is 0 Å². The predicted molar refractivity (Wildman–Crippen MR) is 124 cm³/mol. The number of nitrogen functional groups attached to an aromatic ring is 1. The van der Waals surface area contributed by atoms with Crippen LogP contribution in [0.2, 0.25) is 0 Å². The van der Waals surface area contributed by atoms with E-state index in [1.54, 1.807) is 23.3 Å². The van der Waals surface area contributed by atoms with Crippen molar-refractivity contribution in [1.82, 2.24) is 20.1 Å². The van der Waals surface area contributed by atoms with Crippen molar-refractivity contribution in [3.63, 3.8) is 0 Å². The van der Waals surface area contributed by atoms with Gasteiger partial charge in [0.1, 0.15) is 17.2 Å². The van der Waals surface area contributed by atoms with Crippen LogP contribution in [-0.2, 0) is 13.1 Å². The Labute approximate surface area is 184 Å². The number of rotatable bonds is 5. The molecule has 3 aromatic heterocycles. The number of amides is 1. The Morgan fingerprint density at radius 1 is 1.16 bits per heavy atom. The Kier molecular flexibility index (Phi) is 4.86. The standard InChI is InChI=1S/C25H23N5O2/c1-15-9-21-20(7-8-27-24(21)26)16(2)22(15)12-28-25(31)18-11-29-30(13-18)14-19-10-17-5-3-4-6-23(17)32-19/h3-11,13H,12,14H2,1-2H3,(H2,26,27)(H,28,31). The molecule has 5 rings (SSSR count). The van der Waals surface area contributed by atoms with Crippen molar-refractivity contribution in [2.24, 2.45) is 0 Å². The van der Waals surface area contributed by atoms with Gasteiger partial charge in [0.05, 0.1) is 18.3 Å². The van der Waals surface area contributed by atoms with E-state index >= 15 is 0 Å². The lowest BCUT2D eigenvalue weighted by Gasteiger charge is -2.14. The third kappa shape index (κ3) is 3.58. The monoisotopic (exact) mass is 425 g/mol. The van der Waals surface area contributed by atoms with Gasteiger partial charge in [0.15, 0.2) is 0 Å². The first-order valence-corrected chi connectivity index (χ1v) is 10.4. The Hall–Kier alpha value is -4.13. The van der Waals surface area contributed by atoms with Gasteiger partial charge in [-0.1, -0.05) is 18.2 Å². The summed E-state index contributed by atoms with van der Waals surface area (Å²) < 4.78 is 7.55. The van der Waals surface area contributed by atoms with Crippen molar-refractivity contribution in [1.29, 1.82) is 0 Å². The molecule has 0 atom stereocenters. The van der Waals surface area contributed by atoms with Crippen molar-refractivity contribution in [3.05, 3.63) is 89.1 Å². The second kappa shape index (κ2) is 7.85. The first-order valence-electron chi connectivity index (χ1n) is 10.4. The lowest BCUT2D eigenvalue weighted by Crippen LogP contribution is -2.23. The zero-order valence-electron chi connectivity index (χ0n) is 17.9. The SMILES string of the molecule is Cc1cc2c(N)nccc2c(C)c1CNC(=O)c1cnn(Cc2cc3ccccc3o2)c1. The van der Waals surface area contributed by atoms with Crippen LogP contribution in [0.3, 0.4) is 0 Å². The van der Waals surface area contributed by atoms with Crippen LogP contribution < -0.4 is 11.1 Å². The molecule has 0 saturated heterocycles. The van der Waals surface area contributed by atoms with E-state index < -0.39 is 0 Å². The minimum atomic E-state index is -0.172. The molecule has 0 fully saturated rings. The van der Waals surface area contributed by atoms with Gasteiger partial charge in [0.25, 0.3) is 5.91 Å². The number of nitrogens with one attached hydrogen (secondary N) is 1. The molecule has 5 aromatic rings. The smallest absolute Gasteiger partial charge is 0.254 e. The van der Waals surface area contributed by atoms with Crippen LogP contribution in [0.4, 0.5) is 5.82 Å². The van der Waals surface area contributed by atoms with E-state index in [9.17, 15) is 4.79 Å². The molecule has 0 spiro atoms. The number of pyridine rings is 1. The van der Waals surface area contributed by atoms with Gasteiger partial charge in [0, 0.05) is 29.7 Å². The Balaban J connectivity index is 1.30. The molecule has 160 valence electrons. The van der Waals surface area contributed by atoms with E-state index in [-0.39, 0.29) is 5.91 Å². The number of para-hydroxylation sites is 1. The van der Waals surface area contributed by atoms with Gasteiger partial charge in [-0.15, -0.1) is 0 Å². The molecule has 3 heterocycles. The van der Waals surface area contributed by atoms with E-state index in [0.29, 0.717) is 24.5 Å². The minimum Gasteiger partial charge on any atom is -0.459 e. The summed E-state index contributed by atoms with van der Waals surface area (Å²) in [5, 5.41) is 10.4. The zero-order valence-corrected chi connectivity index (χ0v) is 17.9. The van der Waals surface area contributed by atoms with Gasteiger partial charge in [-0.2, -0.15) is 5.10 Å². The molecule has 7 heteroatoms. The molecule has 0 aliphatic carbocycles. The summed E-state index contributed by atoms with van der Waals surface area (Å²) in [7, 11) is 0. The van der Waals surface area contributed by atoms with Crippen LogP contribution in [0.15, 0.2) is 65.5 Å². The second-order valence-corrected chi connectivity index (χ2v) is 7.95. The molecular formula is C25H23N5O2. The molecular weight excluding hydrogens is 402 g/mol. The molecule has 7 nitrogen and oxygen atoms in total. The highest BCUT2D eigenvalue weighted by atomic mass is 16.3. The molecule has 2 aromatic carbocycles. The molecule has 0 radical (unpaired) electrons. The fraction of sp³-hybridized carbons (Fsp3) is 0.160. The van der Waals surface area contributed by atoms with E-state index in [0.717, 1.165) is 44.2 Å². The van der Waals surface area contributed by atoms with Gasteiger partial charge in [-0.25, -0.2) is 4.98 Å². The van der Waals surface area contributed by atoms with Crippen LogP contribution in [-0.4, -0.2) is 20.7 Å². The van der Waals surface area contributed by atoms with E-state index in [1.165, 1.54) is 0 Å². The molecule has 0 aliphatic heterocycles. The summed E-state index contributed by atoms with van der Waals surface area (Å²) in [5.74, 6) is 1.13. The van der Waals surface area contributed by atoms with Crippen LogP contribution in [0, 0.1) is 13.8 Å². The Morgan fingerprint density at radius 3 is 2.84 bits per heavy atom. The number of carbonyl (C=O) groups excluding carboxylic acids is 1.